The maximum Gasteiger partial charge on any atom is 0.0101 e. The van der Waals surface area contributed by atoms with Crippen molar-refractivity contribution in [3.8, 4) is 0 Å². The Morgan fingerprint density at radius 2 is 2.08 bits per heavy atom. The van der Waals surface area contributed by atoms with E-state index in [-0.39, 0.29) is 0 Å². The van der Waals surface area contributed by atoms with Crippen LogP contribution in [0.25, 0.3) is 0 Å². The summed E-state index contributed by atoms with van der Waals surface area (Å²) in [6, 6.07) is 0.795. The van der Waals surface area contributed by atoms with Crippen LogP contribution in [-0.2, 0) is 0 Å². The number of hydrogen-bond acceptors (Lipinski definition) is 2. The van der Waals surface area contributed by atoms with Crippen LogP contribution < -0.4 is 5.32 Å². The van der Waals surface area contributed by atoms with Crippen molar-refractivity contribution in [2.24, 2.45) is 5.92 Å². The van der Waals surface area contributed by atoms with Gasteiger partial charge in [0.2, 0.25) is 0 Å². The van der Waals surface area contributed by atoms with E-state index in [9.17, 15) is 0 Å². The van der Waals surface area contributed by atoms with Crippen molar-refractivity contribution in [3.63, 3.8) is 0 Å². The Bertz CT molecular complexity index is 134. The molecule has 1 saturated carbocycles. The molecule has 78 valence electrons. The van der Waals surface area contributed by atoms with Gasteiger partial charge in [0.05, 0.1) is 0 Å². The summed E-state index contributed by atoms with van der Waals surface area (Å²) in [5.41, 5.74) is 0. The van der Waals surface area contributed by atoms with Gasteiger partial charge in [0, 0.05) is 19.1 Å². The Kier molecular flexibility index (Phi) is 4.74. The molecule has 0 aromatic rings. The molecular formula is C11H24N2. The highest BCUT2D eigenvalue weighted by Crippen LogP contribution is 2.23. The van der Waals surface area contributed by atoms with Gasteiger partial charge in [0.25, 0.3) is 0 Å². The van der Waals surface area contributed by atoms with E-state index in [1.54, 1.807) is 0 Å². The van der Waals surface area contributed by atoms with Crippen LogP contribution in [0.4, 0.5) is 0 Å². The summed E-state index contributed by atoms with van der Waals surface area (Å²) in [4.78, 5) is 2.24. The first-order chi connectivity index (χ1) is 6.18. The second-order valence-corrected chi connectivity index (χ2v) is 4.73. The molecule has 2 heteroatoms. The largest absolute Gasteiger partial charge is 0.313 e. The average molecular weight is 184 g/mol. The fourth-order valence-corrected chi connectivity index (χ4v) is 2.11. The minimum absolute atomic E-state index is 0.795. The quantitative estimate of drug-likeness (QED) is 0.715. The molecule has 0 spiro atoms. The lowest BCUT2D eigenvalue weighted by atomic mass is 9.87. The number of hydrogen-bond donors (Lipinski definition) is 1. The zero-order valence-corrected chi connectivity index (χ0v) is 9.34. The summed E-state index contributed by atoms with van der Waals surface area (Å²) >= 11 is 0. The molecule has 2 unspecified atom stereocenters. The van der Waals surface area contributed by atoms with Gasteiger partial charge in [-0.15, -0.1) is 0 Å². The van der Waals surface area contributed by atoms with Gasteiger partial charge in [-0.2, -0.15) is 0 Å². The average Bonchev–Trinajstić information content (AvgIpc) is 2.03. The molecule has 0 aromatic carbocycles. The van der Waals surface area contributed by atoms with E-state index in [0.29, 0.717) is 0 Å². The minimum Gasteiger partial charge on any atom is -0.313 e. The molecule has 0 bridgehead atoms. The third-order valence-corrected chi connectivity index (χ3v) is 2.93. The summed E-state index contributed by atoms with van der Waals surface area (Å²) < 4.78 is 0. The van der Waals surface area contributed by atoms with E-state index in [0.717, 1.165) is 25.0 Å². The highest BCUT2D eigenvalue weighted by Gasteiger charge is 2.17. The van der Waals surface area contributed by atoms with Crippen molar-refractivity contribution >= 4 is 0 Å². The maximum atomic E-state index is 3.64. The van der Waals surface area contributed by atoms with E-state index in [1.807, 2.05) is 0 Å². The lowest BCUT2D eigenvalue weighted by Gasteiger charge is -2.28. The van der Waals surface area contributed by atoms with Gasteiger partial charge in [-0.25, -0.2) is 0 Å². The third-order valence-electron chi connectivity index (χ3n) is 2.93. The maximum absolute atomic E-state index is 3.64. The SMILES string of the molecule is CC1CCCC(NCCN(C)C)C1. The normalized spacial score (nSPS) is 29.5. The highest BCUT2D eigenvalue weighted by atomic mass is 15.1. The first-order valence-corrected chi connectivity index (χ1v) is 5.56. The van der Waals surface area contributed by atoms with Crippen LogP contribution in [0.2, 0.25) is 0 Å². The Morgan fingerprint density at radius 3 is 2.69 bits per heavy atom. The van der Waals surface area contributed by atoms with E-state index in [4.69, 9.17) is 0 Å². The van der Waals surface area contributed by atoms with Crippen LogP contribution in [0, 0.1) is 5.92 Å². The molecular weight excluding hydrogens is 160 g/mol. The van der Waals surface area contributed by atoms with E-state index in [1.165, 1.54) is 25.7 Å². The first-order valence-electron chi connectivity index (χ1n) is 5.56. The number of rotatable bonds is 4. The first kappa shape index (κ1) is 11.0. The Morgan fingerprint density at radius 1 is 1.31 bits per heavy atom. The number of nitrogens with zero attached hydrogens (tertiary/aromatic N) is 1. The van der Waals surface area contributed by atoms with Gasteiger partial charge < -0.3 is 10.2 Å². The van der Waals surface area contributed by atoms with Crippen molar-refractivity contribution in [2.45, 2.75) is 38.6 Å². The molecule has 1 aliphatic carbocycles. The fourth-order valence-electron chi connectivity index (χ4n) is 2.11. The smallest absolute Gasteiger partial charge is 0.0101 e. The van der Waals surface area contributed by atoms with Crippen LogP contribution in [0.3, 0.4) is 0 Å². The summed E-state index contributed by atoms with van der Waals surface area (Å²) in [7, 11) is 4.26. The lowest BCUT2D eigenvalue weighted by Crippen LogP contribution is -2.37. The minimum atomic E-state index is 0.795. The number of nitrogens with one attached hydrogen (secondary N) is 1. The molecule has 0 radical (unpaired) electrons. The van der Waals surface area contributed by atoms with Gasteiger partial charge in [-0.1, -0.05) is 19.8 Å². The summed E-state index contributed by atoms with van der Waals surface area (Å²) in [5.74, 6) is 0.936. The van der Waals surface area contributed by atoms with Crippen molar-refractivity contribution in [1.82, 2.24) is 10.2 Å². The Balaban J connectivity index is 2.06. The molecule has 2 nitrogen and oxygen atoms in total. The fraction of sp³-hybridized carbons (Fsp3) is 1.00. The van der Waals surface area contributed by atoms with E-state index >= 15 is 0 Å². The molecule has 0 amide bonds. The van der Waals surface area contributed by atoms with Crippen molar-refractivity contribution in [1.29, 1.82) is 0 Å². The number of likely N-dealkylation sites (N-methyl/N-ethyl adjacent to an activating group) is 1. The molecule has 2 atom stereocenters. The molecule has 0 saturated heterocycles. The second kappa shape index (κ2) is 5.61. The molecule has 1 N–H and O–H groups in total. The highest BCUT2D eigenvalue weighted by molar-refractivity contribution is 4.75. The molecule has 0 heterocycles. The molecule has 1 aliphatic rings. The Labute approximate surface area is 82.7 Å². The third kappa shape index (κ3) is 4.63. The predicted octanol–water partition coefficient (Wildman–Crippen LogP) is 1.72. The van der Waals surface area contributed by atoms with Gasteiger partial charge in [0.15, 0.2) is 0 Å². The van der Waals surface area contributed by atoms with E-state index in [2.05, 4.69) is 31.2 Å². The monoisotopic (exact) mass is 184 g/mol. The van der Waals surface area contributed by atoms with Crippen LogP contribution in [0.1, 0.15) is 32.6 Å². The van der Waals surface area contributed by atoms with Crippen molar-refractivity contribution < 1.29 is 0 Å². The zero-order chi connectivity index (χ0) is 9.68. The van der Waals surface area contributed by atoms with Crippen LogP contribution in [0.15, 0.2) is 0 Å². The van der Waals surface area contributed by atoms with Gasteiger partial charge in [-0.3, -0.25) is 0 Å². The van der Waals surface area contributed by atoms with Crippen LogP contribution >= 0.6 is 0 Å². The Hall–Kier alpha value is -0.0800. The van der Waals surface area contributed by atoms with Gasteiger partial charge >= 0.3 is 0 Å². The molecule has 0 aromatic heterocycles. The molecule has 13 heavy (non-hydrogen) atoms. The van der Waals surface area contributed by atoms with Gasteiger partial charge in [0.1, 0.15) is 0 Å². The molecule has 1 fully saturated rings. The van der Waals surface area contributed by atoms with Crippen LogP contribution in [-0.4, -0.2) is 38.1 Å². The summed E-state index contributed by atoms with van der Waals surface area (Å²) in [6.07, 6.45) is 5.62. The topological polar surface area (TPSA) is 15.3 Å². The summed E-state index contributed by atoms with van der Waals surface area (Å²) in [5, 5.41) is 3.64. The van der Waals surface area contributed by atoms with Gasteiger partial charge in [-0.05, 0) is 32.9 Å². The summed E-state index contributed by atoms with van der Waals surface area (Å²) in [6.45, 7) is 4.68. The van der Waals surface area contributed by atoms with Crippen molar-refractivity contribution in [2.75, 3.05) is 27.2 Å². The van der Waals surface area contributed by atoms with Crippen LogP contribution in [0.5, 0.6) is 0 Å². The zero-order valence-electron chi connectivity index (χ0n) is 9.34. The molecule has 1 rings (SSSR count). The lowest BCUT2D eigenvalue weighted by molar-refractivity contribution is 0.290. The predicted molar refractivity (Wildman–Crippen MR) is 58.0 cm³/mol. The molecule has 0 aliphatic heterocycles. The van der Waals surface area contributed by atoms with E-state index < -0.39 is 0 Å². The standard InChI is InChI=1S/C11H24N2/c1-10-5-4-6-11(9-10)12-7-8-13(2)3/h10-12H,4-9H2,1-3H3. The second-order valence-electron chi connectivity index (χ2n) is 4.73. The van der Waals surface area contributed by atoms with Crippen molar-refractivity contribution in [3.05, 3.63) is 0 Å².